The van der Waals surface area contributed by atoms with E-state index in [0.29, 0.717) is 0 Å². The summed E-state index contributed by atoms with van der Waals surface area (Å²) in [5.41, 5.74) is 0.126. The Labute approximate surface area is 97.3 Å². The number of carbonyl (C=O) groups is 1. The van der Waals surface area contributed by atoms with E-state index in [4.69, 9.17) is 10.2 Å². The van der Waals surface area contributed by atoms with Gasteiger partial charge in [-0.3, -0.25) is 4.79 Å². The predicted molar refractivity (Wildman–Crippen MR) is 60.9 cm³/mol. The highest BCUT2D eigenvalue weighted by Gasteiger charge is 2.37. The van der Waals surface area contributed by atoms with Crippen molar-refractivity contribution in [3.05, 3.63) is 35.6 Å². The summed E-state index contributed by atoms with van der Waals surface area (Å²) in [7, 11) is 0. The molecule has 1 rings (SSSR count). The Balaban J connectivity index is 3.11. The van der Waals surface area contributed by atoms with Crippen LogP contribution in [-0.2, 0) is 9.54 Å². The van der Waals surface area contributed by atoms with Gasteiger partial charge in [-0.2, -0.15) is 0 Å². The molecule has 0 saturated carbocycles. The van der Waals surface area contributed by atoms with Crippen molar-refractivity contribution in [2.75, 3.05) is 12.4 Å². The van der Waals surface area contributed by atoms with Gasteiger partial charge in [-0.15, -0.1) is 11.8 Å². The van der Waals surface area contributed by atoms with Gasteiger partial charge in [0.15, 0.2) is 0 Å². The second kappa shape index (κ2) is 5.32. The number of aliphatic hydroxyl groups excluding tert-OH is 1. The van der Waals surface area contributed by atoms with Crippen LogP contribution >= 0.6 is 11.8 Å². The molecule has 0 radical (unpaired) electrons. The first-order valence-electron chi connectivity index (χ1n) is 4.75. The smallest absolute Gasteiger partial charge is 0.324 e. The molecule has 0 amide bonds. The number of aliphatic hydroxyl groups is 1. The summed E-state index contributed by atoms with van der Waals surface area (Å²) in [5, 5.41) is 17.9. The maximum absolute atomic E-state index is 13.5. The van der Waals surface area contributed by atoms with Gasteiger partial charge in [-0.05, 0) is 13.0 Å². The molecule has 3 nitrogen and oxygen atoms in total. The van der Waals surface area contributed by atoms with Crippen LogP contribution in [0.25, 0.3) is 0 Å². The van der Waals surface area contributed by atoms with Gasteiger partial charge >= 0.3 is 5.97 Å². The summed E-state index contributed by atoms with van der Waals surface area (Å²) in [4.78, 5) is 11.2. The lowest BCUT2D eigenvalue weighted by atomic mass is 10.00. The minimum absolute atomic E-state index is 0.126. The summed E-state index contributed by atoms with van der Waals surface area (Å²) >= 11 is 1.01. The van der Waals surface area contributed by atoms with Crippen LogP contribution in [0.3, 0.4) is 0 Å². The Kier molecular flexibility index (Phi) is 4.32. The monoisotopic (exact) mass is 244 g/mol. The van der Waals surface area contributed by atoms with E-state index in [9.17, 15) is 9.18 Å². The van der Waals surface area contributed by atoms with Crippen LogP contribution in [0, 0.1) is 5.82 Å². The number of carboxylic acid groups (broad SMARTS) is 1. The minimum Gasteiger partial charge on any atom is -0.480 e. The normalized spacial score (nSPS) is 14.4. The first kappa shape index (κ1) is 13.0. The van der Waals surface area contributed by atoms with Crippen LogP contribution in [-0.4, -0.2) is 28.5 Å². The van der Waals surface area contributed by atoms with E-state index < -0.39 is 16.5 Å². The molecule has 0 fully saturated rings. The van der Waals surface area contributed by atoms with Gasteiger partial charge in [0, 0.05) is 11.3 Å². The summed E-state index contributed by atoms with van der Waals surface area (Å²) in [6, 6.07) is 5.79. The zero-order valence-electron chi connectivity index (χ0n) is 8.81. The van der Waals surface area contributed by atoms with Crippen LogP contribution in [0.2, 0.25) is 0 Å². The maximum Gasteiger partial charge on any atom is 0.324 e. The van der Waals surface area contributed by atoms with Crippen molar-refractivity contribution in [1.82, 2.24) is 0 Å². The predicted octanol–water partition coefficient (Wildman–Crippen LogP) is 1.85. The van der Waals surface area contributed by atoms with Crippen LogP contribution in [0.15, 0.2) is 24.3 Å². The molecule has 0 bridgehead atoms. The number of hydrogen-bond acceptors (Lipinski definition) is 3. The number of rotatable bonds is 5. The van der Waals surface area contributed by atoms with Crippen molar-refractivity contribution in [2.24, 2.45) is 0 Å². The van der Waals surface area contributed by atoms with Crippen LogP contribution in [0.5, 0.6) is 0 Å². The summed E-state index contributed by atoms with van der Waals surface area (Å²) in [6.45, 7) is 1.30. The van der Waals surface area contributed by atoms with Crippen LogP contribution in [0.4, 0.5) is 4.39 Å². The number of aliphatic carboxylic acids is 1. The Bertz CT molecular complexity index is 383. The Morgan fingerprint density at radius 2 is 2.12 bits per heavy atom. The highest BCUT2D eigenvalue weighted by molar-refractivity contribution is 8.00. The number of carboxylic acids is 1. The fourth-order valence-electron chi connectivity index (χ4n) is 1.35. The largest absolute Gasteiger partial charge is 0.480 e. The van der Waals surface area contributed by atoms with Crippen LogP contribution in [0.1, 0.15) is 12.5 Å². The molecule has 1 unspecified atom stereocenters. The van der Waals surface area contributed by atoms with E-state index in [1.54, 1.807) is 6.07 Å². The standard InChI is InChI=1S/C11H13FO3S/c1-11(10(14)15,16-7-6-13)8-4-2-3-5-9(8)12/h2-5,13H,6-7H2,1H3,(H,14,15). The molecule has 2 N–H and O–H groups in total. The van der Waals surface area contributed by atoms with Gasteiger partial charge in [0.25, 0.3) is 0 Å². The zero-order valence-corrected chi connectivity index (χ0v) is 9.63. The third-order valence-electron chi connectivity index (χ3n) is 2.28. The summed E-state index contributed by atoms with van der Waals surface area (Å²) in [6.07, 6.45) is 0. The van der Waals surface area contributed by atoms with Gasteiger partial charge < -0.3 is 10.2 Å². The summed E-state index contributed by atoms with van der Waals surface area (Å²) in [5.74, 6) is -1.41. The highest BCUT2D eigenvalue weighted by Crippen LogP contribution is 2.37. The Morgan fingerprint density at radius 3 is 2.62 bits per heavy atom. The highest BCUT2D eigenvalue weighted by atomic mass is 32.2. The molecular formula is C11H13FO3S. The molecule has 1 atom stereocenters. The molecule has 0 saturated heterocycles. The molecule has 88 valence electrons. The second-order valence-corrected chi connectivity index (χ2v) is 4.90. The molecule has 16 heavy (non-hydrogen) atoms. The van der Waals surface area contributed by atoms with Crippen molar-refractivity contribution >= 4 is 17.7 Å². The van der Waals surface area contributed by atoms with Gasteiger partial charge in [0.2, 0.25) is 0 Å². The Morgan fingerprint density at radius 1 is 1.50 bits per heavy atom. The van der Waals surface area contributed by atoms with Gasteiger partial charge in [-0.1, -0.05) is 18.2 Å². The quantitative estimate of drug-likeness (QED) is 0.830. The second-order valence-electron chi connectivity index (χ2n) is 3.39. The van der Waals surface area contributed by atoms with Crippen LogP contribution < -0.4 is 0 Å². The van der Waals surface area contributed by atoms with E-state index in [0.717, 1.165) is 11.8 Å². The number of halogens is 1. The average molecular weight is 244 g/mol. The van der Waals surface area contributed by atoms with Crippen molar-refractivity contribution in [3.8, 4) is 0 Å². The lowest BCUT2D eigenvalue weighted by molar-refractivity contribution is -0.139. The van der Waals surface area contributed by atoms with Gasteiger partial charge in [0.1, 0.15) is 10.6 Å². The van der Waals surface area contributed by atoms with E-state index >= 15 is 0 Å². The maximum atomic E-state index is 13.5. The molecule has 5 heteroatoms. The van der Waals surface area contributed by atoms with E-state index in [1.165, 1.54) is 25.1 Å². The lowest BCUT2D eigenvalue weighted by Crippen LogP contribution is -2.30. The third kappa shape index (κ3) is 2.54. The van der Waals surface area contributed by atoms with E-state index in [-0.39, 0.29) is 17.9 Å². The first-order valence-corrected chi connectivity index (χ1v) is 5.74. The van der Waals surface area contributed by atoms with Crippen molar-refractivity contribution in [2.45, 2.75) is 11.7 Å². The Hall–Kier alpha value is -1.07. The SMILES string of the molecule is CC(SCCO)(C(=O)O)c1ccccc1F. The number of thioether (sulfide) groups is 1. The fourth-order valence-corrected chi connectivity index (χ4v) is 2.30. The minimum atomic E-state index is -1.37. The zero-order chi connectivity index (χ0) is 12.2. The molecule has 0 heterocycles. The number of hydrogen-bond donors (Lipinski definition) is 2. The third-order valence-corrected chi connectivity index (χ3v) is 3.64. The van der Waals surface area contributed by atoms with Crippen molar-refractivity contribution in [1.29, 1.82) is 0 Å². The molecule has 0 aliphatic rings. The molecule has 0 spiro atoms. The summed E-state index contributed by atoms with van der Waals surface area (Å²) < 4.78 is 12.2. The number of benzene rings is 1. The molecule has 0 aliphatic heterocycles. The average Bonchev–Trinajstić information content (AvgIpc) is 2.26. The lowest BCUT2D eigenvalue weighted by Gasteiger charge is -2.24. The van der Waals surface area contributed by atoms with E-state index in [1.807, 2.05) is 0 Å². The fraction of sp³-hybridized carbons (Fsp3) is 0.364. The topological polar surface area (TPSA) is 57.5 Å². The molecule has 0 aliphatic carbocycles. The first-order chi connectivity index (χ1) is 7.52. The van der Waals surface area contributed by atoms with Gasteiger partial charge in [0.05, 0.1) is 6.61 Å². The van der Waals surface area contributed by atoms with Gasteiger partial charge in [-0.25, -0.2) is 4.39 Å². The van der Waals surface area contributed by atoms with Crippen molar-refractivity contribution in [3.63, 3.8) is 0 Å². The van der Waals surface area contributed by atoms with Crippen molar-refractivity contribution < 1.29 is 19.4 Å². The molecule has 1 aromatic carbocycles. The molecular weight excluding hydrogens is 231 g/mol. The molecule has 0 aromatic heterocycles. The van der Waals surface area contributed by atoms with E-state index in [2.05, 4.69) is 0 Å². The molecule has 1 aromatic rings.